The van der Waals surface area contributed by atoms with Crippen LogP contribution in [0.3, 0.4) is 0 Å². The molecule has 26 heavy (non-hydrogen) atoms. The second-order valence-corrected chi connectivity index (χ2v) is 6.53. The molecule has 1 aromatic carbocycles. The van der Waals surface area contributed by atoms with Crippen molar-refractivity contribution in [2.75, 3.05) is 36.5 Å². The lowest BCUT2D eigenvalue weighted by atomic mass is 9.96. The first-order valence-corrected chi connectivity index (χ1v) is 8.77. The molecule has 1 N–H and O–H groups in total. The first kappa shape index (κ1) is 18.0. The van der Waals surface area contributed by atoms with Crippen molar-refractivity contribution in [3.05, 3.63) is 36.4 Å². The fourth-order valence-corrected chi connectivity index (χ4v) is 3.42. The number of hydrogen-bond acceptors (Lipinski definition) is 4. The van der Waals surface area contributed by atoms with E-state index >= 15 is 0 Å². The molecule has 1 unspecified atom stereocenters. The average molecular weight is 357 g/mol. The number of hydrogen-bond donors (Lipinski definition) is 1. The summed E-state index contributed by atoms with van der Waals surface area (Å²) in [6, 6.07) is 5.45. The fraction of sp³-hybridized carbons (Fsp3) is 0.421. The van der Waals surface area contributed by atoms with Gasteiger partial charge in [0.2, 0.25) is 11.8 Å². The molecule has 2 saturated heterocycles. The Balaban J connectivity index is 1.72. The molecule has 2 aliphatic rings. The van der Waals surface area contributed by atoms with Crippen LogP contribution in [0.4, 0.5) is 16.2 Å². The van der Waals surface area contributed by atoms with Crippen LogP contribution < -0.4 is 10.2 Å². The highest BCUT2D eigenvalue weighted by Gasteiger charge is 2.29. The van der Waals surface area contributed by atoms with E-state index < -0.39 is 0 Å². The Hall–Kier alpha value is -2.83. The predicted molar refractivity (Wildman–Crippen MR) is 98.0 cm³/mol. The van der Waals surface area contributed by atoms with Crippen molar-refractivity contribution in [1.29, 1.82) is 0 Å². The predicted octanol–water partition coefficient (Wildman–Crippen LogP) is 2.31. The Morgan fingerprint density at radius 1 is 1.35 bits per heavy atom. The van der Waals surface area contributed by atoms with Crippen molar-refractivity contribution in [2.45, 2.75) is 19.8 Å². The zero-order valence-corrected chi connectivity index (χ0v) is 14.9. The number of amides is 3. The van der Waals surface area contributed by atoms with Gasteiger partial charge in [-0.05, 0) is 43.5 Å². The smallest absolute Gasteiger partial charge is 0.414 e. The maximum absolute atomic E-state index is 12.7. The highest BCUT2D eigenvalue weighted by atomic mass is 16.6. The van der Waals surface area contributed by atoms with Gasteiger partial charge in [-0.3, -0.25) is 14.5 Å². The number of nitrogens with zero attached hydrogens (tertiary/aromatic N) is 2. The molecule has 0 bridgehead atoms. The molecule has 0 saturated carbocycles. The number of rotatable bonds is 4. The molecule has 0 radical (unpaired) electrons. The minimum atomic E-state index is -0.373. The normalized spacial score (nSPS) is 19.9. The molecule has 138 valence electrons. The van der Waals surface area contributed by atoms with Crippen LogP contribution in [0.25, 0.3) is 0 Å². The number of anilines is 2. The van der Waals surface area contributed by atoms with Gasteiger partial charge >= 0.3 is 6.09 Å². The Labute approximate surface area is 152 Å². The number of likely N-dealkylation sites (tertiary alicyclic amines) is 1. The van der Waals surface area contributed by atoms with Gasteiger partial charge in [0.15, 0.2) is 0 Å². The lowest BCUT2D eigenvalue weighted by Gasteiger charge is -2.31. The van der Waals surface area contributed by atoms with Crippen LogP contribution in [-0.4, -0.2) is 49.0 Å². The molecule has 3 rings (SSSR count). The molecule has 0 aliphatic carbocycles. The van der Waals surface area contributed by atoms with Crippen molar-refractivity contribution < 1.29 is 19.1 Å². The van der Waals surface area contributed by atoms with E-state index in [-0.39, 0.29) is 23.8 Å². The lowest BCUT2D eigenvalue weighted by molar-refractivity contribution is -0.130. The molecule has 2 fully saturated rings. The lowest BCUT2D eigenvalue weighted by Crippen LogP contribution is -2.43. The van der Waals surface area contributed by atoms with Crippen LogP contribution in [-0.2, 0) is 14.3 Å². The van der Waals surface area contributed by atoms with Crippen molar-refractivity contribution >= 4 is 29.3 Å². The van der Waals surface area contributed by atoms with Gasteiger partial charge in [0, 0.05) is 18.8 Å². The maximum Gasteiger partial charge on any atom is 0.414 e. The number of carbonyl (C=O) groups is 3. The molecular weight excluding hydrogens is 334 g/mol. The largest absolute Gasteiger partial charge is 0.447 e. The Morgan fingerprint density at radius 3 is 2.85 bits per heavy atom. The number of piperidine rings is 1. The fourth-order valence-electron chi connectivity index (χ4n) is 3.42. The van der Waals surface area contributed by atoms with E-state index in [0.717, 1.165) is 24.1 Å². The quantitative estimate of drug-likeness (QED) is 0.839. The molecule has 1 aromatic rings. The number of benzene rings is 1. The first-order valence-electron chi connectivity index (χ1n) is 8.77. The SMILES string of the molecule is C=CC(=O)N1CCCC(C(=O)Nc2cccc(N3CCOC3=O)c2C)C1. The molecule has 2 heterocycles. The third-order valence-corrected chi connectivity index (χ3v) is 4.89. The number of nitrogens with one attached hydrogen (secondary N) is 1. The maximum atomic E-state index is 12.7. The van der Waals surface area contributed by atoms with Crippen molar-refractivity contribution in [3.63, 3.8) is 0 Å². The van der Waals surface area contributed by atoms with Gasteiger partial charge in [0.05, 0.1) is 18.2 Å². The van der Waals surface area contributed by atoms with Crippen molar-refractivity contribution in [1.82, 2.24) is 4.90 Å². The van der Waals surface area contributed by atoms with Gasteiger partial charge in [0.1, 0.15) is 6.61 Å². The van der Waals surface area contributed by atoms with E-state index in [2.05, 4.69) is 11.9 Å². The van der Waals surface area contributed by atoms with Crippen LogP contribution in [0.15, 0.2) is 30.9 Å². The molecule has 3 amide bonds. The summed E-state index contributed by atoms with van der Waals surface area (Å²) < 4.78 is 4.99. The van der Waals surface area contributed by atoms with E-state index in [1.165, 1.54) is 6.08 Å². The number of cyclic esters (lactones) is 1. The van der Waals surface area contributed by atoms with Gasteiger partial charge in [-0.2, -0.15) is 0 Å². The topological polar surface area (TPSA) is 79.0 Å². The Kier molecular flexibility index (Phi) is 5.25. The molecule has 2 aliphatic heterocycles. The summed E-state index contributed by atoms with van der Waals surface area (Å²) in [7, 11) is 0. The summed E-state index contributed by atoms with van der Waals surface area (Å²) in [5.74, 6) is -0.517. The van der Waals surface area contributed by atoms with Gasteiger partial charge in [-0.1, -0.05) is 12.6 Å². The summed E-state index contributed by atoms with van der Waals surface area (Å²) in [4.78, 5) is 39.5. The zero-order valence-electron chi connectivity index (χ0n) is 14.9. The van der Waals surface area contributed by atoms with Gasteiger partial charge < -0.3 is 15.0 Å². The van der Waals surface area contributed by atoms with Crippen molar-refractivity contribution in [2.24, 2.45) is 5.92 Å². The van der Waals surface area contributed by atoms with E-state index in [4.69, 9.17) is 4.74 Å². The average Bonchev–Trinajstić information content (AvgIpc) is 3.08. The van der Waals surface area contributed by atoms with Crippen LogP contribution in [0.2, 0.25) is 0 Å². The summed E-state index contributed by atoms with van der Waals surface area (Å²) in [6.45, 7) is 7.28. The van der Waals surface area contributed by atoms with E-state index in [0.29, 0.717) is 31.9 Å². The third-order valence-electron chi connectivity index (χ3n) is 4.89. The Morgan fingerprint density at radius 2 is 2.15 bits per heavy atom. The number of ether oxygens (including phenoxy) is 1. The van der Waals surface area contributed by atoms with Crippen molar-refractivity contribution in [3.8, 4) is 0 Å². The second-order valence-electron chi connectivity index (χ2n) is 6.53. The molecule has 7 nitrogen and oxygen atoms in total. The van der Waals surface area contributed by atoms with E-state index in [9.17, 15) is 14.4 Å². The van der Waals surface area contributed by atoms with Crippen LogP contribution in [0, 0.1) is 12.8 Å². The summed E-state index contributed by atoms with van der Waals surface area (Å²) in [6.07, 6.45) is 2.44. The standard InChI is InChI=1S/C19H23N3O4/c1-3-17(23)21-9-5-6-14(12-21)18(24)20-15-7-4-8-16(13(15)2)22-10-11-26-19(22)25/h3-4,7-8,14H,1,5-6,9-12H2,2H3,(H,20,24). The third kappa shape index (κ3) is 3.56. The van der Waals surface area contributed by atoms with Gasteiger partial charge in [0.25, 0.3) is 0 Å². The van der Waals surface area contributed by atoms with Crippen LogP contribution in [0.5, 0.6) is 0 Å². The van der Waals surface area contributed by atoms with E-state index in [1.54, 1.807) is 15.9 Å². The van der Waals surface area contributed by atoms with Gasteiger partial charge in [-0.15, -0.1) is 0 Å². The minimum absolute atomic E-state index is 0.115. The molecular formula is C19H23N3O4. The Bertz CT molecular complexity index is 746. The number of carbonyl (C=O) groups excluding carboxylic acids is 3. The summed E-state index contributed by atoms with van der Waals surface area (Å²) >= 11 is 0. The zero-order chi connectivity index (χ0) is 18.7. The van der Waals surface area contributed by atoms with Crippen LogP contribution in [0.1, 0.15) is 18.4 Å². The molecule has 7 heteroatoms. The summed E-state index contributed by atoms with van der Waals surface area (Å²) in [5.41, 5.74) is 2.21. The second kappa shape index (κ2) is 7.59. The van der Waals surface area contributed by atoms with Crippen LogP contribution >= 0.6 is 0 Å². The minimum Gasteiger partial charge on any atom is -0.447 e. The van der Waals surface area contributed by atoms with E-state index in [1.807, 2.05) is 19.1 Å². The highest BCUT2D eigenvalue weighted by Crippen LogP contribution is 2.29. The highest BCUT2D eigenvalue weighted by molar-refractivity contribution is 5.97. The monoisotopic (exact) mass is 357 g/mol. The molecule has 0 spiro atoms. The first-order chi connectivity index (χ1) is 12.5. The molecule has 0 aromatic heterocycles. The van der Waals surface area contributed by atoms with Gasteiger partial charge in [-0.25, -0.2) is 4.79 Å². The molecule has 1 atom stereocenters. The summed E-state index contributed by atoms with van der Waals surface area (Å²) in [5, 5.41) is 2.95.